The molecular formula is C10H21N3O2. The SMILES string of the molecule is CNC(C)C(=O)N(C)CC(=O)NC(C)C. The van der Waals surface area contributed by atoms with Crippen molar-refractivity contribution in [1.82, 2.24) is 15.5 Å². The quantitative estimate of drug-likeness (QED) is 0.654. The molecule has 2 amide bonds. The van der Waals surface area contributed by atoms with E-state index < -0.39 is 0 Å². The van der Waals surface area contributed by atoms with E-state index in [1.54, 1.807) is 21.0 Å². The van der Waals surface area contributed by atoms with Crippen molar-refractivity contribution in [3.8, 4) is 0 Å². The highest BCUT2D eigenvalue weighted by molar-refractivity contribution is 5.87. The molecule has 0 heterocycles. The molecule has 1 unspecified atom stereocenters. The van der Waals surface area contributed by atoms with E-state index in [-0.39, 0.29) is 30.4 Å². The summed E-state index contributed by atoms with van der Waals surface area (Å²) in [5, 5.41) is 5.57. The summed E-state index contributed by atoms with van der Waals surface area (Å²) in [4.78, 5) is 24.3. The summed E-state index contributed by atoms with van der Waals surface area (Å²) < 4.78 is 0. The first kappa shape index (κ1) is 13.9. The van der Waals surface area contributed by atoms with Crippen LogP contribution in [0.3, 0.4) is 0 Å². The predicted molar refractivity (Wildman–Crippen MR) is 59.4 cm³/mol. The molecule has 0 aromatic heterocycles. The molecule has 2 N–H and O–H groups in total. The highest BCUT2D eigenvalue weighted by Crippen LogP contribution is 1.91. The minimum atomic E-state index is -0.262. The zero-order valence-corrected chi connectivity index (χ0v) is 10.1. The molecule has 0 spiro atoms. The maximum absolute atomic E-state index is 11.6. The van der Waals surface area contributed by atoms with Gasteiger partial charge in [0.1, 0.15) is 0 Å². The van der Waals surface area contributed by atoms with Gasteiger partial charge in [-0.25, -0.2) is 0 Å². The van der Waals surface area contributed by atoms with E-state index in [1.165, 1.54) is 4.90 Å². The molecule has 0 aliphatic heterocycles. The van der Waals surface area contributed by atoms with Gasteiger partial charge in [0.15, 0.2) is 0 Å². The van der Waals surface area contributed by atoms with Crippen molar-refractivity contribution in [3.05, 3.63) is 0 Å². The van der Waals surface area contributed by atoms with Crippen LogP contribution >= 0.6 is 0 Å². The third-order valence-corrected chi connectivity index (χ3v) is 2.01. The van der Waals surface area contributed by atoms with E-state index >= 15 is 0 Å². The summed E-state index contributed by atoms with van der Waals surface area (Å²) in [7, 11) is 3.33. The largest absolute Gasteiger partial charge is 0.352 e. The van der Waals surface area contributed by atoms with Crippen LogP contribution in [0.5, 0.6) is 0 Å². The Hall–Kier alpha value is -1.10. The van der Waals surface area contributed by atoms with Crippen molar-refractivity contribution < 1.29 is 9.59 Å². The van der Waals surface area contributed by atoms with E-state index in [4.69, 9.17) is 0 Å². The molecule has 1 atom stereocenters. The Morgan fingerprint density at radius 1 is 1.27 bits per heavy atom. The van der Waals surface area contributed by atoms with E-state index in [2.05, 4.69) is 10.6 Å². The van der Waals surface area contributed by atoms with Crippen molar-refractivity contribution >= 4 is 11.8 Å². The number of nitrogens with zero attached hydrogens (tertiary/aromatic N) is 1. The zero-order valence-electron chi connectivity index (χ0n) is 10.1. The lowest BCUT2D eigenvalue weighted by Crippen LogP contribution is -2.46. The Morgan fingerprint density at radius 2 is 1.80 bits per heavy atom. The van der Waals surface area contributed by atoms with Crippen molar-refractivity contribution in [2.45, 2.75) is 32.9 Å². The fourth-order valence-electron chi connectivity index (χ4n) is 1.12. The van der Waals surface area contributed by atoms with Gasteiger partial charge in [-0.15, -0.1) is 0 Å². The number of hydrogen-bond acceptors (Lipinski definition) is 3. The van der Waals surface area contributed by atoms with Crippen molar-refractivity contribution in [2.75, 3.05) is 20.6 Å². The summed E-state index contributed by atoms with van der Waals surface area (Å²) in [6.45, 7) is 5.63. The summed E-state index contributed by atoms with van der Waals surface area (Å²) in [6, 6.07) is -0.162. The number of hydrogen-bond donors (Lipinski definition) is 2. The van der Waals surface area contributed by atoms with Crippen LogP contribution in [0.25, 0.3) is 0 Å². The van der Waals surface area contributed by atoms with E-state index in [9.17, 15) is 9.59 Å². The average molecular weight is 215 g/mol. The molecule has 5 heteroatoms. The van der Waals surface area contributed by atoms with Gasteiger partial charge in [-0.2, -0.15) is 0 Å². The lowest BCUT2D eigenvalue weighted by atomic mass is 10.3. The van der Waals surface area contributed by atoms with Crippen molar-refractivity contribution in [2.24, 2.45) is 0 Å². The van der Waals surface area contributed by atoms with Gasteiger partial charge in [0.2, 0.25) is 11.8 Å². The Bertz CT molecular complexity index is 229. The topological polar surface area (TPSA) is 61.4 Å². The molecule has 0 bridgehead atoms. The fourth-order valence-corrected chi connectivity index (χ4v) is 1.12. The van der Waals surface area contributed by atoms with Crippen molar-refractivity contribution in [3.63, 3.8) is 0 Å². The second kappa shape index (κ2) is 6.40. The lowest BCUT2D eigenvalue weighted by Gasteiger charge is -2.21. The molecule has 0 aliphatic rings. The van der Waals surface area contributed by atoms with Crippen LogP contribution in [0.4, 0.5) is 0 Å². The van der Waals surface area contributed by atoms with Gasteiger partial charge < -0.3 is 15.5 Å². The number of amides is 2. The summed E-state index contributed by atoms with van der Waals surface area (Å²) in [5.41, 5.74) is 0. The number of rotatable bonds is 5. The Kier molecular flexibility index (Phi) is 5.93. The molecule has 0 aromatic rings. The van der Waals surface area contributed by atoms with Gasteiger partial charge in [0.25, 0.3) is 0 Å². The molecule has 0 aromatic carbocycles. The zero-order chi connectivity index (χ0) is 12.0. The number of nitrogens with one attached hydrogen (secondary N) is 2. The molecule has 0 radical (unpaired) electrons. The molecular weight excluding hydrogens is 194 g/mol. The van der Waals surface area contributed by atoms with Gasteiger partial charge in [-0.05, 0) is 27.8 Å². The molecule has 15 heavy (non-hydrogen) atoms. The molecule has 0 rings (SSSR count). The van der Waals surface area contributed by atoms with Gasteiger partial charge in [-0.3, -0.25) is 9.59 Å². The molecule has 5 nitrogen and oxygen atoms in total. The summed E-state index contributed by atoms with van der Waals surface area (Å²) in [5.74, 6) is -0.222. The standard InChI is InChI=1S/C10H21N3O2/c1-7(2)12-9(14)6-13(5)10(15)8(3)11-4/h7-8,11H,6H2,1-5H3,(H,12,14). The monoisotopic (exact) mass is 215 g/mol. The smallest absolute Gasteiger partial charge is 0.239 e. The van der Waals surface area contributed by atoms with Crippen LogP contribution in [0.1, 0.15) is 20.8 Å². The summed E-state index contributed by atoms with van der Waals surface area (Å²) in [6.07, 6.45) is 0. The summed E-state index contributed by atoms with van der Waals surface area (Å²) >= 11 is 0. The van der Waals surface area contributed by atoms with Crippen LogP contribution in [-0.4, -0.2) is 49.4 Å². The Morgan fingerprint density at radius 3 is 2.20 bits per heavy atom. The van der Waals surface area contributed by atoms with Crippen LogP contribution in [0, 0.1) is 0 Å². The first-order chi connectivity index (χ1) is 6.88. The lowest BCUT2D eigenvalue weighted by molar-refractivity contribution is -0.136. The van der Waals surface area contributed by atoms with E-state index in [1.807, 2.05) is 13.8 Å². The molecule has 0 saturated carbocycles. The van der Waals surface area contributed by atoms with Gasteiger partial charge >= 0.3 is 0 Å². The van der Waals surface area contributed by atoms with Crippen LogP contribution in [0.2, 0.25) is 0 Å². The van der Waals surface area contributed by atoms with Gasteiger partial charge in [-0.1, -0.05) is 0 Å². The maximum atomic E-state index is 11.6. The third-order valence-electron chi connectivity index (χ3n) is 2.01. The van der Waals surface area contributed by atoms with Gasteiger partial charge in [0, 0.05) is 13.1 Å². The van der Waals surface area contributed by atoms with Crippen LogP contribution in [0.15, 0.2) is 0 Å². The Balaban J connectivity index is 4.07. The van der Waals surface area contributed by atoms with E-state index in [0.29, 0.717) is 0 Å². The highest BCUT2D eigenvalue weighted by Gasteiger charge is 2.17. The molecule has 88 valence electrons. The molecule has 0 saturated heterocycles. The number of likely N-dealkylation sites (N-methyl/N-ethyl adjacent to an activating group) is 2. The number of carbonyl (C=O) groups is 2. The number of carbonyl (C=O) groups excluding carboxylic acids is 2. The van der Waals surface area contributed by atoms with Crippen LogP contribution < -0.4 is 10.6 Å². The van der Waals surface area contributed by atoms with Crippen LogP contribution in [-0.2, 0) is 9.59 Å². The van der Waals surface area contributed by atoms with E-state index in [0.717, 1.165) is 0 Å². The normalized spacial score (nSPS) is 12.4. The molecule has 0 fully saturated rings. The highest BCUT2D eigenvalue weighted by atomic mass is 16.2. The van der Waals surface area contributed by atoms with Crippen molar-refractivity contribution in [1.29, 1.82) is 0 Å². The minimum absolute atomic E-state index is 0.0867. The first-order valence-electron chi connectivity index (χ1n) is 5.10. The molecule has 0 aliphatic carbocycles. The predicted octanol–water partition coefficient (Wildman–Crippen LogP) is -0.423. The third kappa shape index (κ3) is 5.37. The maximum Gasteiger partial charge on any atom is 0.239 e. The second-order valence-electron chi connectivity index (χ2n) is 3.93. The fraction of sp³-hybridized carbons (Fsp3) is 0.800. The second-order valence-corrected chi connectivity index (χ2v) is 3.93. The minimum Gasteiger partial charge on any atom is -0.352 e. The Labute approximate surface area is 91.2 Å². The first-order valence-corrected chi connectivity index (χ1v) is 5.10. The van der Waals surface area contributed by atoms with Gasteiger partial charge in [0.05, 0.1) is 12.6 Å². The average Bonchev–Trinajstić information content (AvgIpc) is 2.13.